The van der Waals surface area contributed by atoms with Gasteiger partial charge in [-0.1, -0.05) is 6.07 Å². The summed E-state index contributed by atoms with van der Waals surface area (Å²) in [4.78, 5) is 10.5. The summed E-state index contributed by atoms with van der Waals surface area (Å²) in [7, 11) is 1.66. The smallest absolute Gasteiger partial charge is 0.143 e. The van der Waals surface area contributed by atoms with Crippen LogP contribution in [0.15, 0.2) is 24.3 Å². The molecular weight excluding hydrogens is 188 g/mol. The van der Waals surface area contributed by atoms with E-state index in [1.165, 1.54) is 11.1 Å². The highest BCUT2D eigenvalue weighted by Crippen LogP contribution is 2.32. The normalized spacial score (nSPS) is 17.3. The van der Waals surface area contributed by atoms with Gasteiger partial charge in [0.05, 0.1) is 7.11 Å². The molecule has 1 aliphatic rings. The summed E-state index contributed by atoms with van der Waals surface area (Å²) in [5.74, 6) is 0.854. The number of carbonyl (C=O) groups excluding carboxylic acids is 1. The minimum atomic E-state index is 0.854. The van der Waals surface area contributed by atoms with Gasteiger partial charge in [-0.25, -0.2) is 0 Å². The molecule has 1 aliphatic carbocycles. The number of carbonyl (C=O) groups is 1. The highest BCUT2D eigenvalue weighted by atomic mass is 16.5. The van der Waals surface area contributed by atoms with Crippen LogP contribution in [0.4, 0.5) is 0 Å². The van der Waals surface area contributed by atoms with Gasteiger partial charge in [-0.3, -0.25) is 4.79 Å². The van der Waals surface area contributed by atoms with Crippen LogP contribution in [-0.4, -0.2) is 13.4 Å². The molecule has 0 amide bonds. The Kier molecular flexibility index (Phi) is 2.86. The monoisotopic (exact) mass is 202 g/mol. The first-order valence-electron chi connectivity index (χ1n) is 5.17. The number of allylic oxidation sites excluding steroid dienone is 2. The maximum absolute atomic E-state index is 10.5. The van der Waals surface area contributed by atoms with E-state index in [1.54, 1.807) is 13.2 Å². The Morgan fingerprint density at radius 2 is 2.20 bits per heavy atom. The average molecular weight is 202 g/mol. The number of hydrogen-bond acceptors (Lipinski definition) is 2. The van der Waals surface area contributed by atoms with E-state index in [9.17, 15) is 4.79 Å². The Labute approximate surface area is 89.6 Å². The number of aldehydes is 1. The Balaban J connectivity index is 2.48. The van der Waals surface area contributed by atoms with E-state index in [0.29, 0.717) is 0 Å². The lowest BCUT2D eigenvalue weighted by atomic mass is 9.87. The Hall–Kier alpha value is -1.57. The second-order valence-electron chi connectivity index (χ2n) is 3.70. The Morgan fingerprint density at radius 3 is 2.93 bits per heavy atom. The number of aryl methyl sites for hydroxylation is 1. The lowest BCUT2D eigenvalue weighted by Gasteiger charge is -2.19. The van der Waals surface area contributed by atoms with E-state index in [-0.39, 0.29) is 0 Å². The van der Waals surface area contributed by atoms with Gasteiger partial charge in [-0.15, -0.1) is 0 Å². The molecule has 0 bridgehead atoms. The van der Waals surface area contributed by atoms with E-state index >= 15 is 0 Å². The number of fused-ring (bicyclic) bond motifs is 1. The maximum atomic E-state index is 10.5. The van der Waals surface area contributed by atoms with Crippen molar-refractivity contribution in [2.75, 3.05) is 7.11 Å². The third-order valence-corrected chi connectivity index (χ3v) is 2.82. The molecule has 0 N–H and O–H groups in total. The van der Waals surface area contributed by atoms with Crippen molar-refractivity contribution in [3.63, 3.8) is 0 Å². The van der Waals surface area contributed by atoms with Gasteiger partial charge in [0.25, 0.3) is 0 Å². The first kappa shape index (κ1) is 9.97. The zero-order chi connectivity index (χ0) is 10.7. The molecule has 0 radical (unpaired) electrons. The van der Waals surface area contributed by atoms with E-state index < -0.39 is 0 Å². The van der Waals surface area contributed by atoms with E-state index in [4.69, 9.17) is 4.74 Å². The van der Waals surface area contributed by atoms with Crippen LogP contribution >= 0.6 is 0 Å². The number of rotatable bonds is 2. The van der Waals surface area contributed by atoms with Crippen molar-refractivity contribution in [3.8, 4) is 5.75 Å². The van der Waals surface area contributed by atoms with Crippen LogP contribution < -0.4 is 4.74 Å². The summed E-state index contributed by atoms with van der Waals surface area (Å²) in [5.41, 5.74) is 3.62. The van der Waals surface area contributed by atoms with Gasteiger partial charge in [0.1, 0.15) is 12.0 Å². The quantitative estimate of drug-likeness (QED) is 0.544. The number of ether oxygens (including phenoxy) is 1. The molecule has 2 rings (SSSR count). The van der Waals surface area contributed by atoms with Crippen LogP contribution in [-0.2, 0) is 11.2 Å². The summed E-state index contributed by atoms with van der Waals surface area (Å²) >= 11 is 0. The predicted octanol–water partition coefficient (Wildman–Crippen LogP) is 2.61. The topological polar surface area (TPSA) is 26.3 Å². The Morgan fingerprint density at radius 1 is 1.33 bits per heavy atom. The molecule has 0 unspecified atom stereocenters. The molecule has 0 spiro atoms. The minimum Gasteiger partial charge on any atom is -0.497 e. The van der Waals surface area contributed by atoms with Crippen molar-refractivity contribution in [1.82, 2.24) is 0 Å². The van der Waals surface area contributed by atoms with Gasteiger partial charge in [0, 0.05) is 0 Å². The van der Waals surface area contributed by atoms with Crippen molar-refractivity contribution < 1.29 is 9.53 Å². The van der Waals surface area contributed by atoms with Crippen LogP contribution in [0.25, 0.3) is 5.57 Å². The van der Waals surface area contributed by atoms with Gasteiger partial charge < -0.3 is 4.74 Å². The zero-order valence-electron chi connectivity index (χ0n) is 8.82. The van der Waals surface area contributed by atoms with E-state index in [1.807, 2.05) is 12.1 Å². The molecule has 0 heterocycles. The van der Waals surface area contributed by atoms with Gasteiger partial charge in [0.2, 0.25) is 0 Å². The molecule has 2 nitrogen and oxygen atoms in total. The molecule has 15 heavy (non-hydrogen) atoms. The van der Waals surface area contributed by atoms with Crippen LogP contribution in [0.1, 0.15) is 24.0 Å². The summed E-state index contributed by atoms with van der Waals surface area (Å²) in [6.07, 6.45) is 5.73. The second-order valence-corrected chi connectivity index (χ2v) is 3.70. The van der Waals surface area contributed by atoms with Crippen molar-refractivity contribution in [2.45, 2.75) is 19.3 Å². The largest absolute Gasteiger partial charge is 0.497 e. The summed E-state index contributed by atoms with van der Waals surface area (Å²) in [5, 5.41) is 0. The number of hydrogen-bond donors (Lipinski definition) is 0. The molecule has 0 saturated heterocycles. The SMILES string of the molecule is COc1ccc2c(c1)/C(=C/C=O)CCC2. The number of benzene rings is 1. The lowest BCUT2D eigenvalue weighted by molar-refractivity contribution is -0.104. The van der Waals surface area contributed by atoms with Crippen molar-refractivity contribution in [1.29, 1.82) is 0 Å². The van der Waals surface area contributed by atoms with Crippen molar-refractivity contribution in [2.24, 2.45) is 0 Å². The van der Waals surface area contributed by atoms with Crippen LogP contribution in [0, 0.1) is 0 Å². The molecule has 0 fully saturated rings. The minimum absolute atomic E-state index is 0.854. The van der Waals surface area contributed by atoms with Gasteiger partial charge in [-0.2, -0.15) is 0 Å². The first-order chi connectivity index (χ1) is 7.35. The third kappa shape index (κ3) is 1.94. The highest BCUT2D eigenvalue weighted by Gasteiger charge is 2.14. The summed E-state index contributed by atoms with van der Waals surface area (Å²) < 4.78 is 5.19. The maximum Gasteiger partial charge on any atom is 0.143 e. The second kappa shape index (κ2) is 4.30. The lowest BCUT2D eigenvalue weighted by Crippen LogP contribution is -2.02. The first-order valence-corrected chi connectivity index (χ1v) is 5.17. The molecule has 0 saturated carbocycles. The summed E-state index contributed by atoms with van der Waals surface area (Å²) in [6.45, 7) is 0. The molecule has 0 aliphatic heterocycles. The fourth-order valence-corrected chi connectivity index (χ4v) is 2.06. The van der Waals surface area contributed by atoms with Gasteiger partial charge in [0.15, 0.2) is 0 Å². The van der Waals surface area contributed by atoms with Crippen LogP contribution in [0.5, 0.6) is 5.75 Å². The molecule has 0 aromatic heterocycles. The predicted molar refractivity (Wildman–Crippen MR) is 60.0 cm³/mol. The van der Waals surface area contributed by atoms with Crippen LogP contribution in [0.3, 0.4) is 0 Å². The number of methoxy groups -OCH3 is 1. The standard InChI is InChI=1S/C13H14O2/c1-15-12-6-5-10-3-2-4-11(7-8-14)13(10)9-12/h5-9H,2-4H2,1H3/b11-7+. The van der Waals surface area contributed by atoms with Crippen molar-refractivity contribution in [3.05, 3.63) is 35.4 Å². The fourth-order valence-electron chi connectivity index (χ4n) is 2.06. The molecule has 1 aromatic carbocycles. The van der Waals surface area contributed by atoms with E-state index in [2.05, 4.69) is 6.07 Å². The highest BCUT2D eigenvalue weighted by molar-refractivity contribution is 5.83. The molecule has 78 valence electrons. The zero-order valence-corrected chi connectivity index (χ0v) is 8.82. The Bertz CT molecular complexity index is 405. The van der Waals surface area contributed by atoms with Gasteiger partial charge >= 0.3 is 0 Å². The summed E-state index contributed by atoms with van der Waals surface area (Å²) in [6, 6.07) is 6.08. The average Bonchev–Trinajstić information content (AvgIpc) is 2.29. The molecule has 0 atom stereocenters. The molecular formula is C13H14O2. The van der Waals surface area contributed by atoms with Crippen molar-refractivity contribution >= 4 is 11.9 Å². The molecule has 1 aromatic rings. The van der Waals surface area contributed by atoms with Gasteiger partial charge in [-0.05, 0) is 54.2 Å². The van der Waals surface area contributed by atoms with Crippen LogP contribution in [0.2, 0.25) is 0 Å². The fraction of sp³-hybridized carbons (Fsp3) is 0.308. The molecule has 2 heteroatoms. The van der Waals surface area contributed by atoms with E-state index in [0.717, 1.165) is 36.9 Å². The third-order valence-electron chi connectivity index (χ3n) is 2.82.